The van der Waals surface area contributed by atoms with E-state index in [2.05, 4.69) is 10.6 Å². The number of para-hydroxylation sites is 1. The lowest BCUT2D eigenvalue weighted by atomic mass is 9.97. The maximum atomic E-state index is 11.3. The average Bonchev–Trinajstić information content (AvgIpc) is 2.82. The highest BCUT2D eigenvalue weighted by molar-refractivity contribution is 5.83. The van der Waals surface area contributed by atoms with Crippen LogP contribution < -0.4 is 10.6 Å². The molecule has 0 amide bonds. The van der Waals surface area contributed by atoms with Crippen LogP contribution in [-0.4, -0.2) is 30.2 Å². The Morgan fingerprint density at radius 3 is 2.89 bits per heavy atom. The van der Waals surface area contributed by atoms with Crippen LogP contribution in [0.5, 0.6) is 0 Å². The zero-order valence-corrected chi connectivity index (χ0v) is 9.72. The zero-order valence-electron chi connectivity index (χ0n) is 9.72. The topological polar surface area (TPSA) is 74.5 Å². The molecule has 1 saturated heterocycles. The summed E-state index contributed by atoms with van der Waals surface area (Å²) >= 11 is 0. The van der Waals surface area contributed by atoms with E-state index in [-0.39, 0.29) is 6.04 Å². The van der Waals surface area contributed by atoms with E-state index in [1.807, 2.05) is 24.3 Å². The molecule has 0 bridgehead atoms. The number of furan rings is 1. The number of carboxylic acid groups (broad SMARTS) is 1. The summed E-state index contributed by atoms with van der Waals surface area (Å²) in [5, 5.41) is 16.5. The van der Waals surface area contributed by atoms with E-state index in [1.165, 1.54) is 0 Å². The van der Waals surface area contributed by atoms with E-state index in [0.29, 0.717) is 6.54 Å². The Hall–Kier alpha value is -1.85. The van der Waals surface area contributed by atoms with Crippen LogP contribution in [0.25, 0.3) is 11.0 Å². The highest BCUT2D eigenvalue weighted by Crippen LogP contribution is 2.29. The number of carboxylic acids is 1. The van der Waals surface area contributed by atoms with Crippen molar-refractivity contribution in [2.24, 2.45) is 0 Å². The number of hydrogen-bond donors (Lipinski definition) is 3. The van der Waals surface area contributed by atoms with Crippen molar-refractivity contribution < 1.29 is 14.3 Å². The van der Waals surface area contributed by atoms with Gasteiger partial charge >= 0.3 is 5.97 Å². The third-order valence-electron chi connectivity index (χ3n) is 3.30. The van der Waals surface area contributed by atoms with Gasteiger partial charge in [-0.2, -0.15) is 0 Å². The van der Waals surface area contributed by atoms with Gasteiger partial charge in [0.05, 0.1) is 12.3 Å². The molecular formula is C13H14N2O3. The van der Waals surface area contributed by atoms with Crippen LogP contribution in [0.15, 0.2) is 34.9 Å². The first-order valence-electron chi connectivity index (χ1n) is 5.93. The first-order valence-corrected chi connectivity index (χ1v) is 5.93. The van der Waals surface area contributed by atoms with Gasteiger partial charge in [-0.05, 0) is 6.07 Å². The molecule has 3 N–H and O–H groups in total. The summed E-state index contributed by atoms with van der Waals surface area (Å²) in [5.41, 5.74) is 1.68. The highest BCUT2D eigenvalue weighted by atomic mass is 16.4. The molecule has 94 valence electrons. The third-order valence-corrected chi connectivity index (χ3v) is 3.30. The maximum Gasteiger partial charge on any atom is 0.322 e. The Kier molecular flexibility index (Phi) is 2.77. The molecule has 1 aliphatic rings. The lowest BCUT2D eigenvalue weighted by Gasteiger charge is -2.30. The first-order chi connectivity index (χ1) is 8.77. The summed E-state index contributed by atoms with van der Waals surface area (Å²) in [7, 11) is 0. The largest absolute Gasteiger partial charge is 0.480 e. The summed E-state index contributed by atoms with van der Waals surface area (Å²) in [6.07, 6.45) is 1.64. The molecule has 0 radical (unpaired) electrons. The van der Waals surface area contributed by atoms with E-state index >= 15 is 0 Å². The molecule has 2 aromatic rings. The SMILES string of the molecule is O=C(O)C1NCCNC1c1coc2ccccc12. The molecule has 0 spiro atoms. The molecular weight excluding hydrogens is 232 g/mol. The molecule has 1 fully saturated rings. The molecule has 18 heavy (non-hydrogen) atoms. The number of aliphatic carboxylic acids is 1. The Balaban J connectivity index is 2.04. The van der Waals surface area contributed by atoms with Crippen molar-refractivity contribution in [1.29, 1.82) is 0 Å². The van der Waals surface area contributed by atoms with Gasteiger partial charge in [0.25, 0.3) is 0 Å². The maximum absolute atomic E-state index is 11.3. The van der Waals surface area contributed by atoms with Crippen molar-refractivity contribution >= 4 is 16.9 Å². The molecule has 1 aromatic carbocycles. The summed E-state index contributed by atoms with van der Waals surface area (Å²) < 4.78 is 5.47. The third kappa shape index (κ3) is 1.77. The van der Waals surface area contributed by atoms with Gasteiger partial charge in [-0.25, -0.2) is 0 Å². The van der Waals surface area contributed by atoms with Crippen LogP contribution >= 0.6 is 0 Å². The monoisotopic (exact) mass is 246 g/mol. The van der Waals surface area contributed by atoms with Crippen LogP contribution in [0.1, 0.15) is 11.6 Å². The zero-order chi connectivity index (χ0) is 12.5. The number of hydrogen-bond acceptors (Lipinski definition) is 4. The van der Waals surface area contributed by atoms with Crippen molar-refractivity contribution in [3.8, 4) is 0 Å². The fourth-order valence-electron chi connectivity index (χ4n) is 2.45. The predicted molar refractivity (Wildman–Crippen MR) is 66.4 cm³/mol. The fraction of sp³-hybridized carbons (Fsp3) is 0.308. The average molecular weight is 246 g/mol. The minimum Gasteiger partial charge on any atom is -0.480 e. The summed E-state index contributed by atoms with van der Waals surface area (Å²) in [6.45, 7) is 1.40. The minimum atomic E-state index is -0.850. The van der Waals surface area contributed by atoms with Gasteiger partial charge in [-0.15, -0.1) is 0 Å². The lowest BCUT2D eigenvalue weighted by molar-refractivity contribution is -0.140. The summed E-state index contributed by atoms with van der Waals surface area (Å²) in [5.74, 6) is -0.850. The van der Waals surface area contributed by atoms with Crippen molar-refractivity contribution in [2.45, 2.75) is 12.1 Å². The smallest absolute Gasteiger partial charge is 0.322 e. The normalized spacial score (nSPS) is 24.2. The van der Waals surface area contributed by atoms with Crippen molar-refractivity contribution in [1.82, 2.24) is 10.6 Å². The van der Waals surface area contributed by atoms with Gasteiger partial charge in [-0.1, -0.05) is 18.2 Å². The Morgan fingerprint density at radius 2 is 2.06 bits per heavy atom. The van der Waals surface area contributed by atoms with Gasteiger partial charge < -0.3 is 20.2 Å². The van der Waals surface area contributed by atoms with E-state index in [4.69, 9.17) is 4.42 Å². The standard InChI is InChI=1S/C13H14N2O3/c16-13(17)12-11(14-5-6-15-12)9-7-18-10-4-2-1-3-8(9)10/h1-4,7,11-12,14-15H,5-6H2,(H,16,17). The lowest BCUT2D eigenvalue weighted by Crippen LogP contribution is -2.54. The number of fused-ring (bicyclic) bond motifs is 1. The Morgan fingerprint density at radius 1 is 1.28 bits per heavy atom. The molecule has 5 nitrogen and oxygen atoms in total. The second kappa shape index (κ2) is 4.44. The summed E-state index contributed by atoms with van der Waals surface area (Å²) in [4.78, 5) is 11.3. The molecule has 2 atom stereocenters. The van der Waals surface area contributed by atoms with Gasteiger partial charge in [0.2, 0.25) is 0 Å². The second-order valence-corrected chi connectivity index (χ2v) is 4.39. The molecule has 2 heterocycles. The molecule has 3 rings (SSSR count). The van der Waals surface area contributed by atoms with Crippen LogP contribution in [0.3, 0.4) is 0 Å². The molecule has 2 unspecified atom stereocenters. The number of rotatable bonds is 2. The van der Waals surface area contributed by atoms with Crippen LogP contribution in [0, 0.1) is 0 Å². The fourth-order valence-corrected chi connectivity index (χ4v) is 2.45. The molecule has 0 aliphatic carbocycles. The van der Waals surface area contributed by atoms with Crippen LogP contribution in [0.2, 0.25) is 0 Å². The van der Waals surface area contributed by atoms with E-state index in [1.54, 1.807) is 6.26 Å². The number of piperazine rings is 1. The summed E-state index contributed by atoms with van der Waals surface area (Å²) in [6, 6.07) is 6.76. The van der Waals surface area contributed by atoms with E-state index in [0.717, 1.165) is 23.1 Å². The van der Waals surface area contributed by atoms with Crippen molar-refractivity contribution in [3.63, 3.8) is 0 Å². The van der Waals surface area contributed by atoms with Crippen LogP contribution in [0.4, 0.5) is 0 Å². The number of carbonyl (C=O) groups is 1. The van der Waals surface area contributed by atoms with Gasteiger partial charge in [0.15, 0.2) is 0 Å². The molecule has 1 aliphatic heterocycles. The van der Waals surface area contributed by atoms with Gasteiger partial charge in [-0.3, -0.25) is 4.79 Å². The molecule has 1 aromatic heterocycles. The molecule has 5 heteroatoms. The minimum absolute atomic E-state index is 0.264. The van der Waals surface area contributed by atoms with Crippen molar-refractivity contribution in [3.05, 3.63) is 36.1 Å². The van der Waals surface area contributed by atoms with Gasteiger partial charge in [0.1, 0.15) is 11.6 Å². The van der Waals surface area contributed by atoms with Crippen LogP contribution in [-0.2, 0) is 4.79 Å². The predicted octanol–water partition coefficient (Wildman–Crippen LogP) is 1.12. The number of benzene rings is 1. The van der Waals surface area contributed by atoms with Crippen molar-refractivity contribution in [2.75, 3.05) is 13.1 Å². The van der Waals surface area contributed by atoms with E-state index in [9.17, 15) is 9.90 Å². The quantitative estimate of drug-likeness (QED) is 0.740. The Bertz CT molecular complexity index is 578. The second-order valence-electron chi connectivity index (χ2n) is 4.39. The van der Waals surface area contributed by atoms with E-state index < -0.39 is 12.0 Å². The Labute approximate surface area is 104 Å². The highest BCUT2D eigenvalue weighted by Gasteiger charge is 2.33. The number of nitrogens with one attached hydrogen (secondary N) is 2. The first kappa shape index (κ1) is 11.3. The van der Waals surface area contributed by atoms with Gasteiger partial charge in [0, 0.05) is 24.0 Å². The molecule has 0 saturated carbocycles.